The van der Waals surface area contributed by atoms with E-state index in [9.17, 15) is 4.39 Å². The Balaban J connectivity index is 2.21. The molecule has 1 aromatic rings. The van der Waals surface area contributed by atoms with E-state index in [1.165, 1.54) is 38.2 Å². The minimum Gasteiger partial charge on any atom is -0.323 e. The highest BCUT2D eigenvalue weighted by molar-refractivity contribution is 5.10. The maximum absolute atomic E-state index is 13.4. The van der Waals surface area contributed by atoms with Crippen LogP contribution in [0.5, 0.6) is 0 Å². The van der Waals surface area contributed by atoms with Crippen molar-refractivity contribution >= 4 is 0 Å². The molecule has 2 nitrogen and oxygen atoms in total. The smallest absolute Gasteiger partial charge is 0.146 e. The molecule has 2 N–H and O–H groups in total. The van der Waals surface area contributed by atoms with Gasteiger partial charge in [0, 0.05) is 12.2 Å². The van der Waals surface area contributed by atoms with Gasteiger partial charge >= 0.3 is 0 Å². The molecule has 17 heavy (non-hydrogen) atoms. The lowest BCUT2D eigenvalue weighted by Gasteiger charge is -2.11. The summed E-state index contributed by atoms with van der Waals surface area (Å²) in [5, 5.41) is 0. The molecule has 1 atom stereocenters. The van der Waals surface area contributed by atoms with E-state index in [1.807, 2.05) is 0 Å². The Kier molecular flexibility index (Phi) is 6.78. The summed E-state index contributed by atoms with van der Waals surface area (Å²) in [7, 11) is 0. The normalized spacial score (nSPS) is 12.6. The molecule has 0 aliphatic carbocycles. The number of nitrogens with zero attached hydrogens (tertiary/aromatic N) is 1. The van der Waals surface area contributed by atoms with Crippen molar-refractivity contribution in [3.8, 4) is 0 Å². The Bertz CT molecular complexity index is 315. The highest BCUT2D eigenvalue weighted by Crippen LogP contribution is 2.18. The predicted octanol–water partition coefficient (Wildman–Crippen LogP) is 3.97. The van der Waals surface area contributed by atoms with Gasteiger partial charge in [0.25, 0.3) is 0 Å². The Hall–Kier alpha value is -0.960. The van der Waals surface area contributed by atoms with Crippen molar-refractivity contribution in [2.24, 2.45) is 5.73 Å². The van der Waals surface area contributed by atoms with Gasteiger partial charge in [-0.1, -0.05) is 45.4 Å². The molecule has 0 saturated carbocycles. The molecule has 1 unspecified atom stereocenters. The Morgan fingerprint density at radius 1 is 1.24 bits per heavy atom. The molecule has 0 spiro atoms. The highest BCUT2D eigenvalue weighted by atomic mass is 19.1. The van der Waals surface area contributed by atoms with Crippen LogP contribution in [0.1, 0.15) is 63.6 Å². The van der Waals surface area contributed by atoms with Crippen LogP contribution < -0.4 is 5.73 Å². The van der Waals surface area contributed by atoms with Crippen molar-refractivity contribution in [1.82, 2.24) is 4.98 Å². The molecular formula is C14H23FN2. The molecule has 3 heteroatoms. The fraction of sp³-hybridized carbons (Fsp3) is 0.643. The highest BCUT2D eigenvalue weighted by Gasteiger charge is 2.11. The molecular weight excluding hydrogens is 215 g/mol. The van der Waals surface area contributed by atoms with Crippen LogP contribution in [-0.2, 0) is 0 Å². The summed E-state index contributed by atoms with van der Waals surface area (Å²) in [5.74, 6) is -0.286. The minimum atomic E-state index is -0.286. The first-order valence-electron chi connectivity index (χ1n) is 6.61. The molecule has 1 rings (SSSR count). The number of unbranched alkanes of at least 4 members (excludes halogenated alkanes) is 5. The summed E-state index contributed by atoms with van der Waals surface area (Å²) < 4.78 is 13.4. The van der Waals surface area contributed by atoms with Crippen molar-refractivity contribution in [2.45, 2.75) is 57.9 Å². The maximum atomic E-state index is 13.4. The largest absolute Gasteiger partial charge is 0.323 e. The van der Waals surface area contributed by atoms with Gasteiger partial charge in [0.15, 0.2) is 0 Å². The van der Waals surface area contributed by atoms with Gasteiger partial charge in [0.05, 0.1) is 5.69 Å². The van der Waals surface area contributed by atoms with Crippen molar-refractivity contribution in [3.05, 3.63) is 29.8 Å². The number of hydrogen-bond acceptors (Lipinski definition) is 2. The number of rotatable bonds is 8. The van der Waals surface area contributed by atoms with E-state index in [-0.39, 0.29) is 11.9 Å². The molecule has 1 heterocycles. The van der Waals surface area contributed by atoms with Crippen molar-refractivity contribution in [2.75, 3.05) is 0 Å². The molecule has 0 fully saturated rings. The Morgan fingerprint density at radius 3 is 2.65 bits per heavy atom. The van der Waals surface area contributed by atoms with Gasteiger partial charge < -0.3 is 5.73 Å². The van der Waals surface area contributed by atoms with E-state index >= 15 is 0 Å². The molecule has 0 aromatic carbocycles. The second-order valence-electron chi connectivity index (χ2n) is 4.53. The quantitative estimate of drug-likeness (QED) is 0.696. The summed E-state index contributed by atoms with van der Waals surface area (Å²) in [5.41, 5.74) is 6.34. The third kappa shape index (κ3) is 5.26. The van der Waals surface area contributed by atoms with Gasteiger partial charge in [-0.2, -0.15) is 0 Å². The first-order valence-corrected chi connectivity index (χ1v) is 6.61. The van der Waals surface area contributed by atoms with Crippen molar-refractivity contribution < 1.29 is 4.39 Å². The molecule has 0 aliphatic heterocycles. The third-order valence-electron chi connectivity index (χ3n) is 3.01. The van der Waals surface area contributed by atoms with Crippen molar-refractivity contribution in [3.63, 3.8) is 0 Å². The van der Waals surface area contributed by atoms with Gasteiger partial charge in [-0.3, -0.25) is 4.98 Å². The monoisotopic (exact) mass is 238 g/mol. The first-order chi connectivity index (χ1) is 8.25. The number of aromatic nitrogens is 1. The SMILES string of the molecule is CCCCCCCCC(N)c1ncccc1F. The van der Waals surface area contributed by atoms with Crippen molar-refractivity contribution in [1.29, 1.82) is 0 Å². The lowest BCUT2D eigenvalue weighted by Crippen LogP contribution is -2.13. The first kappa shape index (κ1) is 14.1. The predicted molar refractivity (Wildman–Crippen MR) is 69.1 cm³/mol. The average Bonchev–Trinajstić information content (AvgIpc) is 2.34. The van der Waals surface area contributed by atoms with Crippen LogP contribution in [0, 0.1) is 5.82 Å². The molecule has 0 radical (unpaired) electrons. The lowest BCUT2D eigenvalue weighted by molar-refractivity contribution is 0.511. The van der Waals surface area contributed by atoms with Crippen LogP contribution in [0.25, 0.3) is 0 Å². The zero-order valence-electron chi connectivity index (χ0n) is 10.7. The van der Waals surface area contributed by atoms with Gasteiger partial charge in [-0.25, -0.2) is 4.39 Å². The van der Waals surface area contributed by atoms with E-state index in [0.29, 0.717) is 5.69 Å². The van der Waals surface area contributed by atoms with E-state index in [4.69, 9.17) is 5.73 Å². The molecule has 0 aliphatic rings. The number of halogens is 1. The maximum Gasteiger partial charge on any atom is 0.146 e. The van der Waals surface area contributed by atoms with Gasteiger partial charge in [-0.15, -0.1) is 0 Å². The van der Waals surface area contributed by atoms with E-state index in [2.05, 4.69) is 11.9 Å². The second kappa shape index (κ2) is 8.18. The van der Waals surface area contributed by atoms with Crippen LogP contribution in [-0.4, -0.2) is 4.98 Å². The summed E-state index contributed by atoms with van der Waals surface area (Å²) >= 11 is 0. The second-order valence-corrected chi connectivity index (χ2v) is 4.53. The Labute approximate surface area is 103 Å². The van der Waals surface area contributed by atoms with Crippen LogP contribution in [0.3, 0.4) is 0 Å². The number of nitrogens with two attached hydrogens (primary N) is 1. The summed E-state index contributed by atoms with van der Waals surface area (Å²) in [6.45, 7) is 2.21. The zero-order valence-corrected chi connectivity index (χ0v) is 10.7. The van der Waals surface area contributed by atoms with Crippen LogP contribution >= 0.6 is 0 Å². The van der Waals surface area contributed by atoms with E-state index < -0.39 is 0 Å². The number of pyridine rings is 1. The number of hydrogen-bond donors (Lipinski definition) is 1. The zero-order chi connectivity index (χ0) is 12.5. The molecule has 0 amide bonds. The van der Waals surface area contributed by atoms with Gasteiger partial charge in [-0.05, 0) is 18.6 Å². The standard InChI is InChI=1S/C14H23FN2/c1-2-3-4-5-6-7-10-13(16)14-12(15)9-8-11-17-14/h8-9,11,13H,2-7,10,16H2,1H3. The van der Waals surface area contributed by atoms with E-state index in [0.717, 1.165) is 12.8 Å². The third-order valence-corrected chi connectivity index (χ3v) is 3.01. The van der Waals surface area contributed by atoms with Crippen LogP contribution in [0.15, 0.2) is 18.3 Å². The van der Waals surface area contributed by atoms with Gasteiger partial charge in [0.1, 0.15) is 5.82 Å². The summed E-state index contributed by atoms with van der Waals surface area (Å²) in [4.78, 5) is 4.01. The fourth-order valence-corrected chi connectivity index (χ4v) is 1.95. The molecule has 0 saturated heterocycles. The fourth-order valence-electron chi connectivity index (χ4n) is 1.95. The molecule has 1 aromatic heterocycles. The molecule has 96 valence electrons. The van der Waals surface area contributed by atoms with Crippen LogP contribution in [0.2, 0.25) is 0 Å². The van der Waals surface area contributed by atoms with Crippen LogP contribution in [0.4, 0.5) is 4.39 Å². The Morgan fingerprint density at radius 2 is 1.94 bits per heavy atom. The molecule has 0 bridgehead atoms. The summed E-state index contributed by atoms with van der Waals surface area (Å²) in [6.07, 6.45) is 9.77. The summed E-state index contributed by atoms with van der Waals surface area (Å²) in [6, 6.07) is 2.75. The van der Waals surface area contributed by atoms with Gasteiger partial charge in [0.2, 0.25) is 0 Å². The lowest BCUT2D eigenvalue weighted by atomic mass is 10.0. The minimum absolute atomic E-state index is 0.262. The average molecular weight is 238 g/mol. The van der Waals surface area contributed by atoms with E-state index in [1.54, 1.807) is 12.3 Å². The topological polar surface area (TPSA) is 38.9 Å².